The van der Waals surface area contributed by atoms with Crippen molar-refractivity contribution in [2.24, 2.45) is 0 Å². The Morgan fingerprint density at radius 2 is 1.95 bits per heavy atom. The summed E-state index contributed by atoms with van der Waals surface area (Å²) in [7, 11) is 1.52. The molecule has 1 fully saturated rings. The van der Waals surface area contributed by atoms with Crippen LogP contribution in [0.3, 0.4) is 0 Å². The third-order valence-corrected chi connectivity index (χ3v) is 2.79. The number of hydrazine groups is 1. The molecule has 1 amide bonds. The summed E-state index contributed by atoms with van der Waals surface area (Å²) in [5, 5.41) is 1.03. The van der Waals surface area contributed by atoms with Gasteiger partial charge in [-0.2, -0.15) is 0 Å². The molecule has 0 aromatic heterocycles. The Labute approximate surface area is 115 Å². The second-order valence-electron chi connectivity index (χ2n) is 4.02. The minimum Gasteiger partial charge on any atom is -0.497 e. The van der Waals surface area contributed by atoms with E-state index in [0.29, 0.717) is 11.4 Å². The van der Waals surface area contributed by atoms with E-state index in [4.69, 9.17) is 9.47 Å². The first kappa shape index (κ1) is 14.0. The van der Waals surface area contributed by atoms with Gasteiger partial charge in [-0.25, -0.2) is 15.2 Å². The van der Waals surface area contributed by atoms with E-state index in [1.165, 1.54) is 7.11 Å². The molecule has 0 aliphatic carbocycles. The summed E-state index contributed by atoms with van der Waals surface area (Å²) in [4.78, 5) is 35.2. The van der Waals surface area contributed by atoms with Crippen molar-refractivity contribution in [3.8, 4) is 5.75 Å². The second kappa shape index (κ2) is 5.70. The first-order chi connectivity index (χ1) is 9.58. The largest absolute Gasteiger partial charge is 0.497 e. The van der Waals surface area contributed by atoms with Crippen LogP contribution in [0.4, 0.5) is 5.69 Å². The molecule has 1 unspecified atom stereocenters. The Morgan fingerprint density at radius 1 is 1.30 bits per heavy atom. The molecular formula is C13H14N2O5. The minimum absolute atomic E-state index is 0.140. The Hall–Kier alpha value is -2.41. The maximum absolute atomic E-state index is 11.9. The van der Waals surface area contributed by atoms with Crippen molar-refractivity contribution in [3.63, 3.8) is 0 Å². The van der Waals surface area contributed by atoms with E-state index in [9.17, 15) is 14.4 Å². The number of amides is 1. The van der Waals surface area contributed by atoms with E-state index in [1.807, 2.05) is 0 Å². The first-order valence-corrected chi connectivity index (χ1v) is 6.03. The normalized spacial score (nSPS) is 18.3. The minimum atomic E-state index is -1.29. The topological polar surface area (TPSA) is 84.9 Å². The van der Waals surface area contributed by atoms with Crippen LogP contribution in [0.2, 0.25) is 0 Å². The Morgan fingerprint density at radius 3 is 2.50 bits per heavy atom. The van der Waals surface area contributed by atoms with Crippen molar-refractivity contribution in [2.75, 3.05) is 18.7 Å². The molecule has 1 aromatic carbocycles. The quantitative estimate of drug-likeness (QED) is 0.476. The lowest BCUT2D eigenvalue weighted by Crippen LogP contribution is -2.42. The SMILES string of the molecule is CCOC(=O)C1NN(c2ccc(OC)cc2)C(=O)C1=O. The van der Waals surface area contributed by atoms with Crippen LogP contribution in [0.5, 0.6) is 5.75 Å². The molecule has 0 saturated carbocycles. The van der Waals surface area contributed by atoms with Gasteiger partial charge in [0.1, 0.15) is 5.75 Å². The van der Waals surface area contributed by atoms with Gasteiger partial charge in [0.15, 0.2) is 6.04 Å². The number of Topliss-reactive ketones (excluding diaryl/α,β-unsaturated/α-hetero) is 1. The molecule has 7 nitrogen and oxygen atoms in total. The zero-order valence-corrected chi connectivity index (χ0v) is 11.1. The highest BCUT2D eigenvalue weighted by Crippen LogP contribution is 2.21. The van der Waals surface area contributed by atoms with Gasteiger partial charge in [-0.1, -0.05) is 0 Å². The number of benzene rings is 1. The van der Waals surface area contributed by atoms with E-state index >= 15 is 0 Å². The van der Waals surface area contributed by atoms with Crippen molar-refractivity contribution in [1.82, 2.24) is 5.43 Å². The standard InChI is InChI=1S/C13H14N2O5/c1-3-20-13(18)10-11(16)12(17)15(14-10)8-4-6-9(19-2)7-5-8/h4-7,10,14H,3H2,1-2H3. The molecule has 0 spiro atoms. The molecule has 7 heteroatoms. The van der Waals surface area contributed by atoms with E-state index < -0.39 is 23.7 Å². The monoisotopic (exact) mass is 278 g/mol. The Balaban J connectivity index is 2.19. The highest BCUT2D eigenvalue weighted by atomic mass is 16.5. The first-order valence-electron chi connectivity index (χ1n) is 6.03. The van der Waals surface area contributed by atoms with E-state index in [0.717, 1.165) is 5.01 Å². The number of nitrogens with zero attached hydrogens (tertiary/aromatic N) is 1. The molecule has 1 atom stereocenters. The van der Waals surface area contributed by atoms with Crippen LogP contribution < -0.4 is 15.2 Å². The van der Waals surface area contributed by atoms with Crippen molar-refractivity contribution in [3.05, 3.63) is 24.3 Å². The fraction of sp³-hybridized carbons (Fsp3) is 0.308. The molecule has 1 aliphatic rings. The summed E-state index contributed by atoms with van der Waals surface area (Å²) < 4.78 is 9.75. The highest BCUT2D eigenvalue weighted by molar-refractivity contribution is 6.48. The van der Waals surface area contributed by atoms with Crippen LogP contribution in [0.25, 0.3) is 0 Å². The molecule has 1 heterocycles. The molecule has 2 rings (SSSR count). The molecule has 0 bridgehead atoms. The van der Waals surface area contributed by atoms with Gasteiger partial charge in [0.05, 0.1) is 19.4 Å². The molecule has 106 valence electrons. The third kappa shape index (κ3) is 2.48. The molecule has 0 radical (unpaired) electrons. The number of esters is 1. The van der Waals surface area contributed by atoms with Gasteiger partial charge in [-0.05, 0) is 31.2 Å². The molecule has 1 aliphatic heterocycles. The zero-order chi connectivity index (χ0) is 14.7. The van der Waals surface area contributed by atoms with Gasteiger partial charge < -0.3 is 9.47 Å². The summed E-state index contributed by atoms with van der Waals surface area (Å²) in [6.07, 6.45) is 0. The molecule has 1 N–H and O–H groups in total. The molecule has 1 aromatic rings. The fourth-order valence-electron chi connectivity index (χ4n) is 1.79. The maximum Gasteiger partial charge on any atom is 0.333 e. The van der Waals surface area contributed by atoms with Crippen molar-refractivity contribution in [2.45, 2.75) is 13.0 Å². The number of anilines is 1. The maximum atomic E-state index is 11.9. The number of carbonyl (C=O) groups excluding carboxylic acids is 3. The lowest BCUT2D eigenvalue weighted by atomic mass is 10.2. The smallest absolute Gasteiger partial charge is 0.333 e. The number of carbonyl (C=O) groups is 3. The van der Waals surface area contributed by atoms with Crippen molar-refractivity contribution in [1.29, 1.82) is 0 Å². The van der Waals surface area contributed by atoms with Crippen LogP contribution in [0, 0.1) is 0 Å². The lowest BCUT2D eigenvalue weighted by Gasteiger charge is -2.16. The summed E-state index contributed by atoms with van der Waals surface area (Å²) in [5.74, 6) is -1.77. The van der Waals surface area contributed by atoms with Crippen LogP contribution in [-0.4, -0.2) is 37.4 Å². The van der Waals surface area contributed by atoms with Crippen LogP contribution >= 0.6 is 0 Å². The van der Waals surface area contributed by atoms with Crippen LogP contribution in [-0.2, 0) is 19.1 Å². The van der Waals surface area contributed by atoms with E-state index in [2.05, 4.69) is 5.43 Å². The van der Waals surface area contributed by atoms with E-state index in [1.54, 1.807) is 31.2 Å². The Bertz CT molecular complexity index is 540. The predicted molar refractivity (Wildman–Crippen MR) is 69.0 cm³/mol. The molecular weight excluding hydrogens is 264 g/mol. The zero-order valence-electron chi connectivity index (χ0n) is 11.1. The summed E-state index contributed by atoms with van der Waals surface area (Å²) in [5.41, 5.74) is 2.99. The summed E-state index contributed by atoms with van der Waals surface area (Å²) >= 11 is 0. The van der Waals surface area contributed by atoms with Gasteiger partial charge in [-0.15, -0.1) is 0 Å². The predicted octanol–water partition coefficient (Wildman–Crippen LogP) is 0.0472. The fourth-order valence-corrected chi connectivity index (χ4v) is 1.79. The number of methoxy groups -OCH3 is 1. The third-order valence-electron chi connectivity index (χ3n) is 2.79. The van der Waals surface area contributed by atoms with Crippen LogP contribution in [0.1, 0.15) is 6.92 Å². The summed E-state index contributed by atoms with van der Waals surface area (Å²) in [6, 6.07) is 5.21. The number of ether oxygens (including phenoxy) is 2. The average molecular weight is 278 g/mol. The van der Waals surface area contributed by atoms with E-state index in [-0.39, 0.29) is 6.61 Å². The van der Waals surface area contributed by atoms with Crippen molar-refractivity contribution >= 4 is 23.3 Å². The number of ketones is 1. The number of hydrogen-bond donors (Lipinski definition) is 1. The second-order valence-corrected chi connectivity index (χ2v) is 4.02. The van der Waals surface area contributed by atoms with Gasteiger partial charge >= 0.3 is 11.9 Å². The number of rotatable bonds is 4. The lowest BCUT2D eigenvalue weighted by molar-refractivity contribution is -0.148. The number of hydrogen-bond acceptors (Lipinski definition) is 6. The molecule has 20 heavy (non-hydrogen) atoms. The summed E-state index contributed by atoms with van der Waals surface area (Å²) in [6.45, 7) is 1.77. The van der Waals surface area contributed by atoms with Crippen molar-refractivity contribution < 1.29 is 23.9 Å². The van der Waals surface area contributed by atoms with Gasteiger partial charge in [0, 0.05) is 0 Å². The average Bonchev–Trinajstić information content (AvgIpc) is 2.76. The molecule has 1 saturated heterocycles. The van der Waals surface area contributed by atoms with Gasteiger partial charge in [0.25, 0.3) is 5.78 Å². The highest BCUT2D eigenvalue weighted by Gasteiger charge is 2.44. The number of nitrogens with one attached hydrogen (secondary N) is 1. The Kier molecular flexibility index (Phi) is 3.99. The van der Waals surface area contributed by atoms with Gasteiger partial charge in [0.2, 0.25) is 0 Å². The van der Waals surface area contributed by atoms with Gasteiger partial charge in [-0.3, -0.25) is 9.59 Å². The van der Waals surface area contributed by atoms with Crippen LogP contribution in [0.15, 0.2) is 24.3 Å².